The normalized spacial score (nSPS) is 14.4. The van der Waals surface area contributed by atoms with Gasteiger partial charge in [-0.05, 0) is 55.5 Å². The first kappa shape index (κ1) is 16.5. The molecular formula is C12H19O2PS3. The molecule has 0 aromatic heterocycles. The van der Waals surface area contributed by atoms with Gasteiger partial charge < -0.3 is 9.05 Å². The Morgan fingerprint density at radius 1 is 1.28 bits per heavy atom. The molecule has 0 saturated heterocycles. The number of thiol groups is 1. The fourth-order valence-corrected chi connectivity index (χ4v) is 3.75. The molecule has 0 radical (unpaired) electrons. The first-order valence-corrected chi connectivity index (χ1v) is 10.8. The number of hydrogen-bond donors (Lipinski definition) is 1. The molecule has 102 valence electrons. The van der Waals surface area contributed by atoms with Crippen LogP contribution in [0.2, 0.25) is 0 Å². The van der Waals surface area contributed by atoms with Gasteiger partial charge in [-0.1, -0.05) is 24.4 Å². The molecule has 0 amide bonds. The Hall–Kier alpha value is 0.490. The van der Waals surface area contributed by atoms with Crippen LogP contribution in [0.3, 0.4) is 0 Å². The average Bonchev–Trinajstić information content (AvgIpc) is 2.35. The molecule has 0 heterocycles. The third-order valence-electron chi connectivity index (χ3n) is 2.32. The summed E-state index contributed by atoms with van der Waals surface area (Å²) in [5, 5.41) is 0. The molecule has 0 bridgehead atoms. The minimum atomic E-state index is -2.30. The highest BCUT2D eigenvalue weighted by molar-refractivity contribution is 8.60. The van der Waals surface area contributed by atoms with Gasteiger partial charge in [-0.2, -0.15) is 0 Å². The van der Waals surface area contributed by atoms with E-state index in [0.717, 1.165) is 12.8 Å². The standard InChI is InChI=1S/C12H19O2PS3/c1-3-13-15(16,17)14-10-4-5-11-6-8-12(18-2)9-7-11/h6-9H,3-5,10H2,1-2H3,(H,16,17). The Balaban J connectivity index is 2.27. The summed E-state index contributed by atoms with van der Waals surface area (Å²) in [6.07, 6.45) is 4.00. The molecule has 1 aromatic carbocycles. The molecule has 0 fully saturated rings. The molecule has 0 spiro atoms. The second kappa shape index (κ2) is 8.62. The van der Waals surface area contributed by atoms with E-state index in [1.807, 2.05) is 6.92 Å². The van der Waals surface area contributed by atoms with Crippen molar-refractivity contribution in [2.45, 2.75) is 24.7 Å². The Kier molecular flexibility index (Phi) is 7.92. The van der Waals surface area contributed by atoms with Gasteiger partial charge in [-0.25, -0.2) is 0 Å². The van der Waals surface area contributed by atoms with E-state index in [4.69, 9.17) is 20.9 Å². The zero-order chi connectivity index (χ0) is 13.4. The van der Waals surface area contributed by atoms with Gasteiger partial charge in [0.05, 0.1) is 13.2 Å². The van der Waals surface area contributed by atoms with Crippen molar-refractivity contribution in [3.8, 4) is 0 Å². The van der Waals surface area contributed by atoms with Gasteiger partial charge in [0.25, 0.3) is 0 Å². The lowest BCUT2D eigenvalue weighted by molar-refractivity contribution is 0.266. The van der Waals surface area contributed by atoms with Gasteiger partial charge in [0.2, 0.25) is 5.69 Å². The van der Waals surface area contributed by atoms with Crippen molar-refractivity contribution in [3.63, 3.8) is 0 Å². The maximum absolute atomic E-state index is 5.50. The quantitative estimate of drug-likeness (QED) is 0.327. The van der Waals surface area contributed by atoms with Crippen molar-refractivity contribution >= 4 is 41.5 Å². The minimum absolute atomic E-state index is 0.553. The van der Waals surface area contributed by atoms with Crippen LogP contribution in [0.5, 0.6) is 0 Å². The lowest BCUT2D eigenvalue weighted by Crippen LogP contribution is -1.95. The van der Waals surface area contributed by atoms with Crippen molar-refractivity contribution in [1.82, 2.24) is 0 Å². The lowest BCUT2D eigenvalue weighted by Gasteiger charge is -2.15. The van der Waals surface area contributed by atoms with Crippen LogP contribution in [0, 0.1) is 0 Å². The molecule has 18 heavy (non-hydrogen) atoms. The van der Waals surface area contributed by atoms with Crippen molar-refractivity contribution in [3.05, 3.63) is 29.8 Å². The van der Waals surface area contributed by atoms with E-state index in [9.17, 15) is 0 Å². The van der Waals surface area contributed by atoms with Crippen LogP contribution < -0.4 is 0 Å². The van der Waals surface area contributed by atoms with E-state index in [1.54, 1.807) is 11.8 Å². The van der Waals surface area contributed by atoms with E-state index in [0.29, 0.717) is 13.2 Å². The number of benzene rings is 1. The fourth-order valence-electron chi connectivity index (χ4n) is 1.45. The molecule has 1 atom stereocenters. The van der Waals surface area contributed by atoms with E-state index in [1.165, 1.54) is 10.5 Å². The average molecular weight is 322 g/mol. The number of thioether (sulfide) groups is 1. The van der Waals surface area contributed by atoms with Gasteiger partial charge in [0.15, 0.2) is 0 Å². The van der Waals surface area contributed by atoms with Crippen LogP contribution in [-0.2, 0) is 27.3 Å². The summed E-state index contributed by atoms with van der Waals surface area (Å²) < 4.78 is 10.8. The summed E-state index contributed by atoms with van der Waals surface area (Å²) in [6.45, 7) is 3.05. The summed E-state index contributed by atoms with van der Waals surface area (Å²) in [5.74, 6) is 0. The maximum Gasteiger partial charge on any atom is 0.244 e. The summed E-state index contributed by atoms with van der Waals surface area (Å²) in [6, 6.07) is 8.60. The van der Waals surface area contributed by atoms with Crippen LogP contribution in [0.25, 0.3) is 0 Å². The molecule has 1 aromatic rings. The Morgan fingerprint density at radius 3 is 2.50 bits per heavy atom. The van der Waals surface area contributed by atoms with Gasteiger partial charge in [0.1, 0.15) is 0 Å². The highest BCUT2D eigenvalue weighted by atomic mass is 32.9. The summed E-state index contributed by atoms with van der Waals surface area (Å²) >= 11 is 11.1. The molecule has 1 unspecified atom stereocenters. The largest absolute Gasteiger partial charge is 0.322 e. The highest BCUT2D eigenvalue weighted by Crippen LogP contribution is 2.53. The van der Waals surface area contributed by atoms with Crippen LogP contribution in [0.1, 0.15) is 18.9 Å². The number of rotatable bonds is 8. The molecule has 0 saturated carbocycles. The third-order valence-corrected chi connectivity index (χ3v) is 5.48. The van der Waals surface area contributed by atoms with Crippen LogP contribution in [0.4, 0.5) is 0 Å². The highest BCUT2D eigenvalue weighted by Gasteiger charge is 2.10. The molecule has 2 nitrogen and oxygen atoms in total. The summed E-state index contributed by atoms with van der Waals surface area (Å²) in [4.78, 5) is 1.29. The second-order valence-electron chi connectivity index (χ2n) is 3.67. The van der Waals surface area contributed by atoms with E-state index >= 15 is 0 Å². The summed E-state index contributed by atoms with van der Waals surface area (Å²) in [7, 11) is 0. The Morgan fingerprint density at radius 2 is 1.94 bits per heavy atom. The predicted molar refractivity (Wildman–Crippen MR) is 87.4 cm³/mol. The zero-order valence-corrected chi connectivity index (χ0v) is 14.1. The van der Waals surface area contributed by atoms with Crippen molar-refractivity contribution in [2.24, 2.45) is 0 Å². The molecule has 0 aliphatic rings. The minimum Gasteiger partial charge on any atom is -0.322 e. The van der Waals surface area contributed by atoms with Crippen molar-refractivity contribution < 1.29 is 9.05 Å². The van der Waals surface area contributed by atoms with Crippen molar-refractivity contribution in [2.75, 3.05) is 19.5 Å². The topological polar surface area (TPSA) is 18.5 Å². The van der Waals surface area contributed by atoms with Crippen LogP contribution >= 0.6 is 29.7 Å². The van der Waals surface area contributed by atoms with E-state index < -0.39 is 5.69 Å². The monoisotopic (exact) mass is 322 g/mol. The third kappa shape index (κ3) is 6.60. The van der Waals surface area contributed by atoms with Gasteiger partial charge in [-0.3, -0.25) is 0 Å². The second-order valence-corrected chi connectivity index (χ2v) is 9.84. The Bertz CT molecular complexity index is 395. The van der Waals surface area contributed by atoms with E-state index in [2.05, 4.69) is 42.8 Å². The molecule has 0 N–H and O–H groups in total. The molecular weight excluding hydrogens is 303 g/mol. The molecule has 1 rings (SSSR count). The smallest absolute Gasteiger partial charge is 0.244 e. The summed E-state index contributed by atoms with van der Waals surface area (Å²) in [5.41, 5.74) is -0.982. The number of aryl methyl sites for hydroxylation is 1. The van der Waals surface area contributed by atoms with Crippen molar-refractivity contribution in [1.29, 1.82) is 0 Å². The zero-order valence-electron chi connectivity index (χ0n) is 10.7. The van der Waals surface area contributed by atoms with Crippen LogP contribution in [0.15, 0.2) is 29.2 Å². The maximum atomic E-state index is 5.50. The van der Waals surface area contributed by atoms with Gasteiger partial charge in [-0.15, -0.1) is 11.8 Å². The van der Waals surface area contributed by atoms with Crippen LogP contribution in [-0.4, -0.2) is 19.5 Å². The van der Waals surface area contributed by atoms with Gasteiger partial charge >= 0.3 is 0 Å². The fraction of sp³-hybridized carbons (Fsp3) is 0.500. The first-order valence-electron chi connectivity index (χ1n) is 5.82. The lowest BCUT2D eigenvalue weighted by atomic mass is 10.1. The first-order chi connectivity index (χ1) is 8.57. The molecule has 0 aliphatic heterocycles. The predicted octanol–water partition coefficient (Wildman–Crippen LogP) is 4.55. The molecule has 6 heteroatoms. The SMILES string of the molecule is CCOP(=S)(S)OCCCc1ccc(SC)cc1. The van der Waals surface area contributed by atoms with E-state index in [-0.39, 0.29) is 0 Å². The van der Waals surface area contributed by atoms with Gasteiger partial charge in [0, 0.05) is 4.90 Å². The Labute approximate surface area is 124 Å². The molecule has 0 aliphatic carbocycles. The number of hydrogen-bond acceptors (Lipinski definition) is 4.